The lowest BCUT2D eigenvalue weighted by Crippen LogP contribution is -2.42. The second kappa shape index (κ2) is 10.6. The number of allylic oxidation sites excluding steroid dienone is 2. The normalized spacial score (nSPS) is 19.6. The van der Waals surface area contributed by atoms with Crippen LogP contribution in [0.5, 0.6) is 0 Å². The Balaban J connectivity index is 1.65. The number of alkyl halides is 3. The maximum Gasteiger partial charge on any atom is 0.490 e. The van der Waals surface area contributed by atoms with Gasteiger partial charge in [0.05, 0.1) is 6.54 Å². The van der Waals surface area contributed by atoms with Crippen molar-refractivity contribution in [3.63, 3.8) is 0 Å². The van der Waals surface area contributed by atoms with E-state index >= 15 is 0 Å². The number of benzene rings is 1. The number of carbonyl (C=O) groups excluding carboxylic acids is 1. The van der Waals surface area contributed by atoms with Crippen LogP contribution in [0.15, 0.2) is 51.6 Å². The van der Waals surface area contributed by atoms with Crippen LogP contribution >= 0.6 is 0 Å². The molecular formula is C27H31F3N6O4. The Morgan fingerprint density at radius 1 is 1.18 bits per heavy atom. The number of aromatic nitrogens is 4. The van der Waals surface area contributed by atoms with Crippen molar-refractivity contribution in [1.29, 1.82) is 0 Å². The minimum Gasteiger partial charge on any atom is -0.449 e. The van der Waals surface area contributed by atoms with E-state index in [1.54, 1.807) is 22.8 Å². The molecule has 0 radical (unpaired) electrons. The molecular weight excluding hydrogens is 529 g/mol. The molecule has 2 aromatic heterocycles. The quantitative estimate of drug-likeness (QED) is 0.350. The Kier molecular flexibility index (Phi) is 7.34. The summed E-state index contributed by atoms with van der Waals surface area (Å²) in [5.74, 6) is -1.39. The van der Waals surface area contributed by atoms with Crippen LogP contribution < -0.4 is 21.5 Å². The van der Waals surface area contributed by atoms with Gasteiger partial charge in [0.25, 0.3) is 5.56 Å². The second-order valence-electron chi connectivity index (χ2n) is 10.5. The van der Waals surface area contributed by atoms with E-state index in [-0.39, 0.29) is 22.8 Å². The number of halogens is 3. The Labute approximate surface area is 227 Å². The number of nitrogens with one attached hydrogen (secondary N) is 1. The SMILES string of the molecule is CC(C)=CCn1c(N2CC[C@@H]3CNC[C@@H]32)nc2c1c(=O)n(C[C@@H](OC(=O)C(F)(F)F)c1ccccc1)c(=O)n2C. The van der Waals surface area contributed by atoms with E-state index in [1.807, 2.05) is 19.9 Å². The minimum atomic E-state index is -5.24. The third-order valence-corrected chi connectivity index (χ3v) is 7.60. The average molecular weight is 561 g/mol. The molecule has 0 amide bonds. The Bertz CT molecular complexity index is 1570. The van der Waals surface area contributed by atoms with Crippen LogP contribution in [0.4, 0.5) is 19.1 Å². The first kappa shape index (κ1) is 27.7. The van der Waals surface area contributed by atoms with E-state index < -0.39 is 36.0 Å². The zero-order valence-corrected chi connectivity index (χ0v) is 22.4. The number of nitrogens with zero attached hydrogens (tertiary/aromatic N) is 5. The van der Waals surface area contributed by atoms with Crippen molar-refractivity contribution in [2.75, 3.05) is 24.5 Å². The van der Waals surface area contributed by atoms with Crippen LogP contribution in [0, 0.1) is 5.92 Å². The molecule has 1 N–H and O–H groups in total. The molecule has 3 atom stereocenters. The first-order valence-corrected chi connectivity index (χ1v) is 13.1. The maximum absolute atomic E-state index is 13.9. The van der Waals surface area contributed by atoms with Crippen LogP contribution in [-0.4, -0.2) is 56.5 Å². The first-order valence-electron chi connectivity index (χ1n) is 13.1. The summed E-state index contributed by atoms with van der Waals surface area (Å²) in [6.45, 7) is 6.00. The standard InChI is InChI=1S/C27H31F3N6O4/c1-16(2)9-11-35-21-22(32-25(35)34-12-10-18-13-31-14-19(18)34)33(3)26(39)36(23(21)37)15-20(17-7-5-4-6-8-17)40-24(38)27(28,29)30/h4-9,18-20,31H,10-15H2,1-3H3/t18-,19+,20-/m1/s1. The molecule has 1 aromatic carbocycles. The highest BCUT2D eigenvalue weighted by atomic mass is 19.4. The number of imidazole rings is 1. The molecule has 40 heavy (non-hydrogen) atoms. The molecule has 13 heteroatoms. The van der Waals surface area contributed by atoms with Crippen LogP contribution in [0.1, 0.15) is 31.9 Å². The molecule has 0 unspecified atom stereocenters. The highest BCUT2D eigenvalue weighted by molar-refractivity contribution is 5.76. The van der Waals surface area contributed by atoms with Crippen LogP contribution in [0.25, 0.3) is 11.2 Å². The topological polar surface area (TPSA) is 103 Å². The van der Waals surface area contributed by atoms with Gasteiger partial charge < -0.3 is 19.5 Å². The molecule has 5 rings (SSSR count). The van der Waals surface area contributed by atoms with Gasteiger partial charge in [-0.15, -0.1) is 0 Å². The Morgan fingerprint density at radius 3 is 2.58 bits per heavy atom. The number of aryl methyl sites for hydroxylation is 1. The smallest absolute Gasteiger partial charge is 0.449 e. The number of carbonyl (C=O) groups is 1. The van der Waals surface area contributed by atoms with Gasteiger partial charge in [0, 0.05) is 39.3 Å². The first-order chi connectivity index (χ1) is 19.0. The van der Waals surface area contributed by atoms with Gasteiger partial charge >= 0.3 is 17.8 Å². The molecule has 2 aliphatic rings. The lowest BCUT2D eigenvalue weighted by molar-refractivity contribution is -0.206. The van der Waals surface area contributed by atoms with E-state index in [0.29, 0.717) is 18.4 Å². The number of ether oxygens (including phenoxy) is 1. The van der Waals surface area contributed by atoms with Crippen LogP contribution in [0.2, 0.25) is 0 Å². The van der Waals surface area contributed by atoms with E-state index in [4.69, 9.17) is 9.72 Å². The fraction of sp³-hybridized carbons (Fsp3) is 0.481. The van der Waals surface area contributed by atoms with E-state index in [0.717, 1.165) is 36.2 Å². The monoisotopic (exact) mass is 560 g/mol. The molecule has 214 valence electrons. The molecule has 2 aliphatic heterocycles. The summed E-state index contributed by atoms with van der Waals surface area (Å²) >= 11 is 0. The summed E-state index contributed by atoms with van der Waals surface area (Å²) in [4.78, 5) is 46.1. The average Bonchev–Trinajstić information content (AvgIpc) is 3.62. The van der Waals surface area contributed by atoms with Gasteiger partial charge in [-0.2, -0.15) is 18.2 Å². The van der Waals surface area contributed by atoms with Crippen molar-refractivity contribution in [1.82, 2.24) is 24.0 Å². The third kappa shape index (κ3) is 5.05. The molecule has 10 nitrogen and oxygen atoms in total. The lowest BCUT2D eigenvalue weighted by Gasteiger charge is -2.25. The van der Waals surface area contributed by atoms with Gasteiger partial charge in [0.15, 0.2) is 11.2 Å². The van der Waals surface area contributed by atoms with Crippen molar-refractivity contribution in [3.8, 4) is 0 Å². The van der Waals surface area contributed by atoms with Gasteiger partial charge in [-0.1, -0.05) is 42.0 Å². The number of esters is 1. The van der Waals surface area contributed by atoms with E-state index in [1.165, 1.54) is 23.7 Å². The third-order valence-electron chi connectivity index (χ3n) is 7.60. The summed E-state index contributed by atoms with van der Waals surface area (Å²) in [6.07, 6.45) is -3.86. The number of fused-ring (bicyclic) bond motifs is 2. The predicted molar refractivity (Wildman–Crippen MR) is 142 cm³/mol. The fourth-order valence-corrected chi connectivity index (χ4v) is 5.52. The summed E-state index contributed by atoms with van der Waals surface area (Å²) in [6, 6.07) is 7.92. The Morgan fingerprint density at radius 2 is 1.90 bits per heavy atom. The van der Waals surface area contributed by atoms with Gasteiger partial charge in [0.1, 0.15) is 6.10 Å². The predicted octanol–water partition coefficient (Wildman–Crippen LogP) is 2.51. The Hall–Kier alpha value is -3.87. The number of rotatable bonds is 7. The number of hydrogen-bond donors (Lipinski definition) is 1. The summed E-state index contributed by atoms with van der Waals surface area (Å²) < 4.78 is 47.9. The summed E-state index contributed by atoms with van der Waals surface area (Å²) in [5, 5.41) is 3.40. The molecule has 2 fully saturated rings. The molecule has 0 saturated carbocycles. The second-order valence-corrected chi connectivity index (χ2v) is 10.5. The number of anilines is 1. The van der Waals surface area contributed by atoms with Crippen molar-refractivity contribution in [2.45, 2.75) is 51.7 Å². The molecule has 0 spiro atoms. The van der Waals surface area contributed by atoms with Gasteiger partial charge in [-0.05, 0) is 31.7 Å². The highest BCUT2D eigenvalue weighted by Crippen LogP contribution is 2.33. The van der Waals surface area contributed by atoms with Gasteiger partial charge in [-0.25, -0.2) is 9.59 Å². The molecule has 3 aromatic rings. The van der Waals surface area contributed by atoms with Gasteiger partial charge in [-0.3, -0.25) is 13.9 Å². The molecule has 2 saturated heterocycles. The van der Waals surface area contributed by atoms with Crippen molar-refractivity contribution >= 4 is 23.1 Å². The fourth-order valence-electron chi connectivity index (χ4n) is 5.52. The largest absolute Gasteiger partial charge is 0.490 e. The zero-order valence-electron chi connectivity index (χ0n) is 22.4. The van der Waals surface area contributed by atoms with Crippen LogP contribution in [0.3, 0.4) is 0 Å². The summed E-state index contributed by atoms with van der Waals surface area (Å²) in [7, 11) is 1.46. The summed E-state index contributed by atoms with van der Waals surface area (Å²) in [5.41, 5.74) is 0.0667. The number of hydrogen-bond acceptors (Lipinski definition) is 7. The molecule has 4 heterocycles. The van der Waals surface area contributed by atoms with E-state index in [9.17, 15) is 27.6 Å². The van der Waals surface area contributed by atoms with E-state index in [2.05, 4.69) is 10.2 Å². The molecule has 0 bridgehead atoms. The van der Waals surface area contributed by atoms with Crippen molar-refractivity contribution < 1.29 is 22.7 Å². The van der Waals surface area contributed by atoms with Gasteiger partial charge in [0.2, 0.25) is 5.95 Å². The van der Waals surface area contributed by atoms with Crippen LogP contribution in [-0.2, 0) is 29.7 Å². The van der Waals surface area contributed by atoms with Crippen molar-refractivity contribution in [3.05, 3.63) is 68.4 Å². The van der Waals surface area contributed by atoms with Crippen molar-refractivity contribution in [2.24, 2.45) is 13.0 Å². The maximum atomic E-state index is 13.9. The minimum absolute atomic E-state index is 0.151. The molecule has 0 aliphatic carbocycles. The zero-order chi connectivity index (χ0) is 28.8. The lowest BCUT2D eigenvalue weighted by atomic mass is 10.1. The highest BCUT2D eigenvalue weighted by Gasteiger charge is 2.43.